The summed E-state index contributed by atoms with van der Waals surface area (Å²) in [5.41, 5.74) is 2.66. The number of benzene rings is 2. The molecule has 1 aliphatic heterocycles. The Morgan fingerprint density at radius 3 is 2.38 bits per heavy atom. The third kappa shape index (κ3) is 3.84. The summed E-state index contributed by atoms with van der Waals surface area (Å²) in [6.45, 7) is 0.889. The molecule has 26 heavy (non-hydrogen) atoms. The summed E-state index contributed by atoms with van der Waals surface area (Å²) in [4.78, 5) is 2.10. The number of nitrogens with zero attached hydrogens (tertiary/aromatic N) is 1. The van der Waals surface area contributed by atoms with E-state index in [-0.39, 0.29) is 5.56 Å². The Morgan fingerprint density at radius 1 is 1.12 bits per heavy atom. The molecule has 0 N–H and O–H groups in total. The number of fused-ring (bicyclic) bond motifs is 1. The van der Waals surface area contributed by atoms with Crippen molar-refractivity contribution in [3.8, 4) is 0 Å². The van der Waals surface area contributed by atoms with Crippen molar-refractivity contribution in [2.45, 2.75) is 18.5 Å². The van der Waals surface area contributed by atoms with Crippen LogP contribution in [0.5, 0.6) is 0 Å². The highest BCUT2D eigenvalue weighted by molar-refractivity contribution is 6.35. The zero-order chi connectivity index (χ0) is 19.1. The van der Waals surface area contributed by atoms with Gasteiger partial charge in [0.05, 0.1) is 16.0 Å². The van der Waals surface area contributed by atoms with E-state index in [0.29, 0.717) is 5.56 Å². The molecule has 2 aromatic rings. The average molecular weight is 404 g/mol. The molecule has 1 heterocycles. The van der Waals surface area contributed by atoms with Crippen molar-refractivity contribution in [3.63, 3.8) is 0 Å². The molecule has 0 aliphatic carbocycles. The monoisotopic (exact) mass is 403 g/mol. The van der Waals surface area contributed by atoms with Gasteiger partial charge in [0.15, 0.2) is 5.82 Å². The van der Waals surface area contributed by atoms with E-state index in [1.54, 1.807) is 6.07 Å². The Labute approximate surface area is 158 Å². The lowest BCUT2D eigenvalue weighted by Crippen LogP contribution is -2.19. The smallest absolute Gasteiger partial charge is 0.374 e. The molecule has 2 aromatic carbocycles. The van der Waals surface area contributed by atoms with Crippen molar-refractivity contribution in [3.05, 3.63) is 69.0 Å². The SMILES string of the molecule is CN1CCc2cc(/C=C/C(c3cc(Cl)c(F)c(Cl)c3)C(F)(F)F)ccc21. The molecule has 138 valence electrons. The second-order valence-corrected chi connectivity index (χ2v) is 7.05. The number of rotatable bonds is 3. The fourth-order valence-electron chi connectivity index (χ4n) is 3.06. The van der Waals surface area contributed by atoms with Gasteiger partial charge >= 0.3 is 6.18 Å². The average Bonchev–Trinajstić information content (AvgIpc) is 2.92. The lowest BCUT2D eigenvalue weighted by Gasteiger charge is -2.18. The van der Waals surface area contributed by atoms with Gasteiger partial charge in [0.25, 0.3) is 0 Å². The molecule has 1 aliphatic rings. The van der Waals surface area contributed by atoms with Gasteiger partial charge in [-0.3, -0.25) is 0 Å². The third-order valence-corrected chi connectivity index (χ3v) is 4.98. The van der Waals surface area contributed by atoms with Crippen LogP contribution >= 0.6 is 23.2 Å². The van der Waals surface area contributed by atoms with Gasteiger partial charge in [-0.05, 0) is 47.4 Å². The van der Waals surface area contributed by atoms with E-state index < -0.39 is 28.0 Å². The maximum Gasteiger partial charge on any atom is 0.399 e. The van der Waals surface area contributed by atoms with Gasteiger partial charge in [0, 0.05) is 19.3 Å². The van der Waals surface area contributed by atoms with Gasteiger partial charge in [-0.15, -0.1) is 0 Å². The quantitative estimate of drug-likeness (QED) is 0.418. The molecule has 7 heteroatoms. The second-order valence-electron chi connectivity index (χ2n) is 6.24. The van der Waals surface area contributed by atoms with E-state index in [4.69, 9.17) is 23.2 Å². The van der Waals surface area contributed by atoms with Gasteiger partial charge in [-0.2, -0.15) is 13.2 Å². The molecule has 0 aromatic heterocycles. The molecule has 1 unspecified atom stereocenters. The predicted molar refractivity (Wildman–Crippen MR) is 97.7 cm³/mol. The Kier molecular flexibility index (Phi) is 5.22. The number of anilines is 1. The van der Waals surface area contributed by atoms with Gasteiger partial charge in [-0.25, -0.2) is 4.39 Å². The number of alkyl halides is 3. The van der Waals surface area contributed by atoms with Gasteiger partial charge in [-0.1, -0.05) is 41.4 Å². The van der Waals surface area contributed by atoms with Gasteiger partial charge in [0.2, 0.25) is 0 Å². The molecule has 0 amide bonds. The lowest BCUT2D eigenvalue weighted by atomic mass is 9.96. The van der Waals surface area contributed by atoms with Crippen molar-refractivity contribution in [1.82, 2.24) is 0 Å². The minimum atomic E-state index is -4.56. The first-order valence-electron chi connectivity index (χ1n) is 7.90. The number of allylic oxidation sites excluding steroid dienone is 1. The minimum absolute atomic E-state index is 0.203. The van der Waals surface area contributed by atoms with Gasteiger partial charge < -0.3 is 4.90 Å². The van der Waals surface area contributed by atoms with E-state index in [1.807, 2.05) is 19.2 Å². The largest absolute Gasteiger partial charge is 0.399 e. The highest BCUT2D eigenvalue weighted by Gasteiger charge is 2.39. The molecule has 3 rings (SSSR count). The first kappa shape index (κ1) is 19.1. The summed E-state index contributed by atoms with van der Waals surface area (Å²) in [6, 6.07) is 7.48. The molecule has 0 bridgehead atoms. The lowest BCUT2D eigenvalue weighted by molar-refractivity contribution is -0.139. The second kappa shape index (κ2) is 7.12. The summed E-state index contributed by atoms with van der Waals surface area (Å²) in [6.07, 6.45) is -1.24. The molecular weight excluding hydrogens is 389 g/mol. The minimum Gasteiger partial charge on any atom is -0.374 e. The Morgan fingerprint density at radius 2 is 1.77 bits per heavy atom. The van der Waals surface area contributed by atoms with Crippen LogP contribution in [0.15, 0.2) is 36.4 Å². The zero-order valence-electron chi connectivity index (χ0n) is 13.7. The first-order chi connectivity index (χ1) is 12.2. The maximum absolute atomic E-state index is 13.5. The Hall–Kier alpha value is -1.72. The van der Waals surface area contributed by atoms with Crippen molar-refractivity contribution in [2.75, 3.05) is 18.5 Å². The van der Waals surface area contributed by atoms with Crippen LogP contribution in [0.25, 0.3) is 6.08 Å². The molecular formula is C19H15Cl2F4N. The number of hydrogen-bond donors (Lipinski definition) is 0. The summed E-state index contributed by atoms with van der Waals surface area (Å²) < 4.78 is 54.0. The first-order valence-corrected chi connectivity index (χ1v) is 8.66. The zero-order valence-corrected chi connectivity index (χ0v) is 15.3. The molecule has 1 atom stereocenters. The number of hydrogen-bond acceptors (Lipinski definition) is 1. The van der Waals surface area contributed by atoms with Crippen molar-refractivity contribution in [2.24, 2.45) is 0 Å². The number of likely N-dealkylation sites (N-methyl/N-ethyl adjacent to an activating group) is 1. The van der Waals surface area contributed by atoms with E-state index in [9.17, 15) is 17.6 Å². The number of halogens is 6. The summed E-state index contributed by atoms with van der Waals surface area (Å²) in [7, 11) is 1.98. The van der Waals surface area contributed by atoms with Crippen LogP contribution < -0.4 is 4.90 Å². The Balaban J connectivity index is 1.94. The highest BCUT2D eigenvalue weighted by Crippen LogP contribution is 2.39. The van der Waals surface area contributed by atoms with Crippen molar-refractivity contribution >= 4 is 35.0 Å². The molecule has 0 spiro atoms. The van der Waals surface area contributed by atoms with Crippen LogP contribution in [0.4, 0.5) is 23.2 Å². The van der Waals surface area contributed by atoms with Crippen LogP contribution in [-0.2, 0) is 6.42 Å². The van der Waals surface area contributed by atoms with Crippen LogP contribution in [0.1, 0.15) is 22.6 Å². The summed E-state index contributed by atoms with van der Waals surface area (Å²) in [5, 5.41) is -0.869. The van der Waals surface area contributed by atoms with E-state index >= 15 is 0 Å². The molecule has 0 radical (unpaired) electrons. The van der Waals surface area contributed by atoms with Crippen LogP contribution in [0.3, 0.4) is 0 Å². The fourth-order valence-corrected chi connectivity index (χ4v) is 3.57. The van der Waals surface area contributed by atoms with E-state index in [1.165, 1.54) is 6.08 Å². The standard InChI is InChI=1S/C19H15Cl2F4N/c1-26-7-6-12-8-11(3-5-17(12)26)2-4-14(19(23,24)25)13-9-15(20)18(22)16(21)10-13/h2-5,8-10,14H,6-7H2,1H3/b4-2+. The third-order valence-electron chi connectivity index (χ3n) is 4.43. The molecule has 0 saturated carbocycles. The predicted octanol–water partition coefficient (Wildman–Crippen LogP) is 6.48. The van der Waals surface area contributed by atoms with Crippen molar-refractivity contribution < 1.29 is 17.6 Å². The highest BCUT2D eigenvalue weighted by atomic mass is 35.5. The van der Waals surface area contributed by atoms with Gasteiger partial charge in [0.1, 0.15) is 0 Å². The summed E-state index contributed by atoms with van der Waals surface area (Å²) in [5.74, 6) is -2.86. The van der Waals surface area contributed by atoms with Crippen molar-refractivity contribution in [1.29, 1.82) is 0 Å². The van der Waals surface area contributed by atoms with E-state index in [2.05, 4.69) is 4.90 Å². The van der Waals surface area contributed by atoms with E-state index in [0.717, 1.165) is 42.4 Å². The molecule has 0 saturated heterocycles. The topological polar surface area (TPSA) is 3.24 Å². The van der Waals surface area contributed by atoms with Crippen LogP contribution in [0, 0.1) is 5.82 Å². The maximum atomic E-state index is 13.5. The normalized spacial score (nSPS) is 15.6. The fraction of sp³-hybridized carbons (Fsp3) is 0.263. The van der Waals surface area contributed by atoms with Crippen LogP contribution in [0.2, 0.25) is 10.0 Å². The van der Waals surface area contributed by atoms with Crippen LogP contribution in [-0.4, -0.2) is 19.8 Å². The molecule has 0 fully saturated rings. The summed E-state index contributed by atoms with van der Waals surface area (Å²) >= 11 is 11.3. The molecule has 1 nitrogen and oxygen atoms in total. The Bertz CT molecular complexity index is 838.